The third kappa shape index (κ3) is 3.95. The van der Waals surface area contributed by atoms with Crippen molar-refractivity contribution in [3.8, 4) is 6.07 Å². The fraction of sp³-hybridized carbons (Fsp3) is 0.222. The Morgan fingerprint density at radius 1 is 1.07 bits per heavy atom. The zero-order valence-electron chi connectivity index (χ0n) is 14.1. The molecule has 140 valence electrons. The van der Waals surface area contributed by atoms with Crippen molar-refractivity contribution < 1.29 is 17.6 Å². The number of sulfonamides is 1. The lowest BCUT2D eigenvalue weighted by atomic mass is 10.2. The van der Waals surface area contributed by atoms with Crippen molar-refractivity contribution in [2.45, 2.75) is 4.90 Å². The molecule has 1 aliphatic rings. The van der Waals surface area contributed by atoms with Gasteiger partial charge in [0.15, 0.2) is 0 Å². The molecule has 1 saturated heterocycles. The van der Waals surface area contributed by atoms with Crippen LogP contribution in [0.15, 0.2) is 47.4 Å². The fourth-order valence-electron chi connectivity index (χ4n) is 2.82. The fourth-order valence-corrected chi connectivity index (χ4v) is 4.74. The number of amides is 1. The number of rotatable bonds is 3. The molecular weight excluding hydrogens is 393 g/mol. The third-order valence-corrected chi connectivity index (χ3v) is 6.68. The summed E-state index contributed by atoms with van der Waals surface area (Å²) >= 11 is 6.02. The van der Waals surface area contributed by atoms with E-state index in [9.17, 15) is 17.6 Å². The first-order valence-electron chi connectivity index (χ1n) is 8.07. The van der Waals surface area contributed by atoms with E-state index in [4.69, 9.17) is 16.9 Å². The van der Waals surface area contributed by atoms with Crippen LogP contribution in [0.4, 0.5) is 4.39 Å². The van der Waals surface area contributed by atoms with E-state index < -0.39 is 15.8 Å². The predicted molar refractivity (Wildman–Crippen MR) is 97.2 cm³/mol. The quantitative estimate of drug-likeness (QED) is 0.782. The van der Waals surface area contributed by atoms with E-state index >= 15 is 0 Å². The van der Waals surface area contributed by atoms with Gasteiger partial charge in [0, 0.05) is 31.7 Å². The van der Waals surface area contributed by atoms with Crippen LogP contribution in [-0.2, 0) is 10.0 Å². The Bertz CT molecular complexity index is 1010. The highest BCUT2D eigenvalue weighted by Gasteiger charge is 2.32. The van der Waals surface area contributed by atoms with Gasteiger partial charge in [-0.2, -0.15) is 9.57 Å². The number of halogens is 2. The summed E-state index contributed by atoms with van der Waals surface area (Å²) in [6.07, 6.45) is 0. The first kappa shape index (κ1) is 19.3. The molecule has 0 saturated carbocycles. The molecule has 0 aliphatic carbocycles. The van der Waals surface area contributed by atoms with Crippen molar-refractivity contribution in [1.82, 2.24) is 9.21 Å². The number of hydrogen-bond acceptors (Lipinski definition) is 4. The molecule has 9 heteroatoms. The molecule has 27 heavy (non-hydrogen) atoms. The lowest BCUT2D eigenvalue weighted by Crippen LogP contribution is -2.50. The van der Waals surface area contributed by atoms with Gasteiger partial charge in [0.05, 0.1) is 16.7 Å². The second-order valence-electron chi connectivity index (χ2n) is 5.96. The Morgan fingerprint density at radius 2 is 1.70 bits per heavy atom. The number of carbonyl (C=O) groups excluding carboxylic acids is 1. The molecule has 1 fully saturated rings. The molecule has 6 nitrogen and oxygen atoms in total. The third-order valence-electron chi connectivity index (χ3n) is 4.30. The topological polar surface area (TPSA) is 81.5 Å². The summed E-state index contributed by atoms with van der Waals surface area (Å²) in [6, 6.07) is 11.2. The number of nitrogens with zero attached hydrogens (tertiary/aromatic N) is 3. The number of hydrogen-bond donors (Lipinski definition) is 0. The maximum atomic E-state index is 13.0. The van der Waals surface area contributed by atoms with E-state index in [2.05, 4.69) is 0 Å². The van der Waals surface area contributed by atoms with Crippen molar-refractivity contribution in [2.24, 2.45) is 0 Å². The molecule has 0 atom stereocenters. The number of nitriles is 1. The van der Waals surface area contributed by atoms with Gasteiger partial charge in [0.25, 0.3) is 5.91 Å². The maximum absolute atomic E-state index is 13.0. The van der Waals surface area contributed by atoms with Gasteiger partial charge in [-0.1, -0.05) is 11.6 Å². The molecule has 2 aromatic rings. The summed E-state index contributed by atoms with van der Waals surface area (Å²) in [5.41, 5.74) is 0.542. The summed E-state index contributed by atoms with van der Waals surface area (Å²) in [4.78, 5) is 13.9. The lowest BCUT2D eigenvalue weighted by molar-refractivity contribution is 0.0698. The highest BCUT2D eigenvalue weighted by Crippen LogP contribution is 2.26. The zero-order valence-corrected chi connectivity index (χ0v) is 15.7. The van der Waals surface area contributed by atoms with Gasteiger partial charge in [0.1, 0.15) is 10.7 Å². The van der Waals surface area contributed by atoms with Crippen molar-refractivity contribution in [3.63, 3.8) is 0 Å². The smallest absolute Gasteiger partial charge is 0.253 e. The second-order valence-corrected chi connectivity index (χ2v) is 8.27. The normalized spacial score (nSPS) is 15.4. The molecule has 0 N–H and O–H groups in total. The highest BCUT2D eigenvalue weighted by molar-refractivity contribution is 7.89. The minimum Gasteiger partial charge on any atom is -0.336 e. The van der Waals surface area contributed by atoms with E-state index in [-0.39, 0.29) is 47.6 Å². The van der Waals surface area contributed by atoms with Crippen LogP contribution in [-0.4, -0.2) is 49.7 Å². The highest BCUT2D eigenvalue weighted by atomic mass is 35.5. The first-order chi connectivity index (χ1) is 12.8. The monoisotopic (exact) mass is 407 g/mol. The van der Waals surface area contributed by atoms with Crippen molar-refractivity contribution in [2.75, 3.05) is 26.2 Å². The van der Waals surface area contributed by atoms with Crippen LogP contribution >= 0.6 is 11.6 Å². The van der Waals surface area contributed by atoms with Crippen LogP contribution in [0.3, 0.4) is 0 Å². The molecule has 1 amide bonds. The Kier molecular flexibility index (Phi) is 5.46. The van der Waals surface area contributed by atoms with Crippen molar-refractivity contribution in [3.05, 3.63) is 64.4 Å². The summed E-state index contributed by atoms with van der Waals surface area (Å²) in [7, 11) is -3.88. The summed E-state index contributed by atoms with van der Waals surface area (Å²) < 4.78 is 39.9. The minimum atomic E-state index is -3.88. The average molecular weight is 408 g/mol. The van der Waals surface area contributed by atoms with Crippen LogP contribution < -0.4 is 0 Å². The Balaban J connectivity index is 1.74. The van der Waals surface area contributed by atoms with Crippen LogP contribution in [0.1, 0.15) is 15.9 Å². The molecular formula is C18H15ClFN3O3S. The molecule has 1 heterocycles. The molecule has 0 unspecified atom stereocenters. The molecule has 1 aliphatic heterocycles. The molecule has 2 aromatic carbocycles. The summed E-state index contributed by atoms with van der Waals surface area (Å²) in [6.45, 7) is 0.598. The molecule has 3 rings (SSSR count). The first-order valence-corrected chi connectivity index (χ1v) is 9.89. The van der Waals surface area contributed by atoms with Gasteiger partial charge in [-0.25, -0.2) is 12.8 Å². The number of piperazine rings is 1. The van der Waals surface area contributed by atoms with E-state index in [1.807, 2.05) is 6.07 Å². The van der Waals surface area contributed by atoms with E-state index in [0.29, 0.717) is 5.56 Å². The molecule has 0 radical (unpaired) electrons. The van der Waals surface area contributed by atoms with Crippen LogP contribution in [0.2, 0.25) is 5.02 Å². The summed E-state index contributed by atoms with van der Waals surface area (Å²) in [5.74, 6) is -0.713. The molecule has 0 bridgehead atoms. The molecule has 0 aromatic heterocycles. The van der Waals surface area contributed by atoms with Gasteiger partial charge in [-0.3, -0.25) is 4.79 Å². The Morgan fingerprint density at radius 3 is 2.30 bits per heavy atom. The SMILES string of the molecule is N#Cc1ccc(Cl)c(S(=O)(=O)N2CCN(C(=O)c3ccc(F)cc3)CC2)c1. The second kappa shape index (κ2) is 7.64. The van der Waals surface area contributed by atoms with E-state index in [1.54, 1.807) is 0 Å². The largest absolute Gasteiger partial charge is 0.336 e. The van der Waals surface area contributed by atoms with Crippen LogP contribution in [0.25, 0.3) is 0 Å². The summed E-state index contributed by atoms with van der Waals surface area (Å²) in [5, 5.41) is 9.02. The van der Waals surface area contributed by atoms with E-state index in [0.717, 1.165) is 0 Å². The van der Waals surface area contributed by atoms with E-state index in [1.165, 1.54) is 51.7 Å². The Hall–Kier alpha value is -2.47. The predicted octanol–water partition coefficient (Wildman–Crippen LogP) is 2.50. The lowest BCUT2D eigenvalue weighted by Gasteiger charge is -2.34. The number of benzene rings is 2. The van der Waals surface area contributed by atoms with Gasteiger partial charge in [-0.15, -0.1) is 0 Å². The Labute approximate surface area is 161 Å². The van der Waals surface area contributed by atoms with Crippen molar-refractivity contribution >= 4 is 27.5 Å². The van der Waals surface area contributed by atoms with Crippen molar-refractivity contribution in [1.29, 1.82) is 5.26 Å². The standard InChI is InChI=1S/C18H15ClFN3O3S/c19-16-6-1-13(12-21)11-17(16)27(25,26)23-9-7-22(8-10-23)18(24)14-2-4-15(20)5-3-14/h1-6,11H,7-10H2. The minimum absolute atomic E-state index is 0.0406. The van der Waals surface area contributed by atoms with Gasteiger partial charge >= 0.3 is 0 Å². The van der Waals surface area contributed by atoms with Crippen LogP contribution in [0, 0.1) is 17.1 Å². The number of carbonyl (C=O) groups is 1. The van der Waals surface area contributed by atoms with Gasteiger partial charge in [0.2, 0.25) is 10.0 Å². The van der Waals surface area contributed by atoms with Gasteiger partial charge < -0.3 is 4.90 Å². The molecule has 0 spiro atoms. The van der Waals surface area contributed by atoms with Crippen LogP contribution in [0.5, 0.6) is 0 Å². The average Bonchev–Trinajstić information content (AvgIpc) is 2.68. The zero-order chi connectivity index (χ0) is 19.6. The maximum Gasteiger partial charge on any atom is 0.253 e. The van der Waals surface area contributed by atoms with Gasteiger partial charge in [-0.05, 0) is 42.5 Å².